The monoisotopic (exact) mass is 266 g/mol. The third-order valence-corrected chi connectivity index (χ3v) is 4.10. The molecule has 5 nitrogen and oxygen atoms in total. The molecule has 1 amide bonds. The maximum absolute atomic E-state index is 11.6. The van der Waals surface area contributed by atoms with Gasteiger partial charge in [-0.15, -0.1) is 0 Å². The molecule has 1 aromatic heterocycles. The van der Waals surface area contributed by atoms with E-state index >= 15 is 0 Å². The summed E-state index contributed by atoms with van der Waals surface area (Å²) in [5.74, 6) is 6.04. The van der Waals surface area contributed by atoms with E-state index in [4.69, 9.17) is 5.84 Å². The summed E-state index contributed by atoms with van der Waals surface area (Å²) in [5, 5.41) is 0.634. The first kappa shape index (κ1) is 13.3. The first-order valence-electron chi connectivity index (χ1n) is 5.99. The zero-order chi connectivity index (χ0) is 13.0. The number of amides is 1. The lowest BCUT2D eigenvalue weighted by atomic mass is 10.1. The van der Waals surface area contributed by atoms with Crippen LogP contribution in [-0.4, -0.2) is 39.9 Å². The molecule has 0 saturated carbocycles. The fourth-order valence-corrected chi connectivity index (χ4v) is 3.18. The highest BCUT2D eigenvalue weighted by Gasteiger charge is 2.19. The van der Waals surface area contributed by atoms with Gasteiger partial charge in [-0.1, -0.05) is 6.92 Å². The summed E-state index contributed by atoms with van der Waals surface area (Å²) in [7, 11) is 0. The van der Waals surface area contributed by atoms with Crippen molar-refractivity contribution in [3.8, 4) is 0 Å². The molecule has 1 aliphatic rings. The average Bonchev–Trinajstić information content (AvgIpc) is 2.38. The standard InChI is InChI=1S/C12H18N4OS/c1-9-7-16(5-6-18-9)8-11-10(12(17)15-13)3-2-4-14-11/h2-4,9H,5-8,13H2,1H3,(H,15,17). The van der Waals surface area contributed by atoms with Crippen LogP contribution < -0.4 is 11.3 Å². The number of nitrogens with zero attached hydrogens (tertiary/aromatic N) is 2. The Morgan fingerprint density at radius 3 is 3.28 bits per heavy atom. The SMILES string of the molecule is CC1CN(Cc2ncccc2C(=O)NN)CCS1. The van der Waals surface area contributed by atoms with Crippen LogP contribution >= 0.6 is 11.8 Å². The number of carbonyl (C=O) groups excluding carboxylic acids is 1. The third-order valence-electron chi connectivity index (χ3n) is 2.96. The van der Waals surface area contributed by atoms with E-state index in [1.165, 1.54) is 0 Å². The highest BCUT2D eigenvalue weighted by Crippen LogP contribution is 2.19. The topological polar surface area (TPSA) is 71.2 Å². The molecule has 3 N–H and O–H groups in total. The van der Waals surface area contributed by atoms with Crippen molar-refractivity contribution in [2.45, 2.75) is 18.7 Å². The van der Waals surface area contributed by atoms with Gasteiger partial charge in [-0.3, -0.25) is 20.1 Å². The summed E-state index contributed by atoms with van der Waals surface area (Å²) in [5.41, 5.74) is 3.52. The van der Waals surface area contributed by atoms with Gasteiger partial charge in [-0.2, -0.15) is 11.8 Å². The second kappa shape index (κ2) is 6.17. The molecule has 0 aliphatic carbocycles. The molecule has 1 fully saturated rings. The van der Waals surface area contributed by atoms with Crippen molar-refractivity contribution in [2.24, 2.45) is 5.84 Å². The molecule has 2 heterocycles. The van der Waals surface area contributed by atoms with Crippen LogP contribution in [0.5, 0.6) is 0 Å². The van der Waals surface area contributed by atoms with Crippen LogP contribution in [0.2, 0.25) is 0 Å². The Morgan fingerprint density at radius 2 is 2.56 bits per heavy atom. The molecule has 0 aromatic carbocycles. The van der Waals surface area contributed by atoms with Crippen molar-refractivity contribution in [1.29, 1.82) is 0 Å². The van der Waals surface area contributed by atoms with Crippen LogP contribution in [-0.2, 0) is 6.54 Å². The van der Waals surface area contributed by atoms with E-state index < -0.39 is 0 Å². The summed E-state index contributed by atoms with van der Waals surface area (Å²) in [4.78, 5) is 18.3. The lowest BCUT2D eigenvalue weighted by molar-refractivity contribution is 0.0951. The predicted molar refractivity (Wildman–Crippen MR) is 73.1 cm³/mol. The minimum Gasteiger partial charge on any atom is -0.296 e. The van der Waals surface area contributed by atoms with Crippen LogP contribution in [0.1, 0.15) is 23.0 Å². The second-order valence-corrected chi connectivity index (χ2v) is 5.93. The quantitative estimate of drug-likeness (QED) is 0.477. The number of nitrogens with two attached hydrogens (primary N) is 1. The van der Waals surface area contributed by atoms with E-state index in [0.29, 0.717) is 17.4 Å². The van der Waals surface area contributed by atoms with Crippen molar-refractivity contribution < 1.29 is 4.79 Å². The molecule has 2 rings (SSSR count). The number of nitrogens with one attached hydrogen (secondary N) is 1. The van der Waals surface area contributed by atoms with E-state index in [0.717, 1.165) is 24.5 Å². The lowest BCUT2D eigenvalue weighted by Gasteiger charge is -2.30. The summed E-state index contributed by atoms with van der Waals surface area (Å²) in [6.07, 6.45) is 1.71. The van der Waals surface area contributed by atoms with Crippen molar-refractivity contribution in [2.75, 3.05) is 18.8 Å². The molecule has 0 spiro atoms. The second-order valence-electron chi connectivity index (χ2n) is 4.39. The Morgan fingerprint density at radius 1 is 1.72 bits per heavy atom. The largest absolute Gasteiger partial charge is 0.296 e. The van der Waals surface area contributed by atoms with E-state index in [-0.39, 0.29) is 5.91 Å². The normalized spacial score (nSPS) is 20.7. The number of hydrazine groups is 1. The van der Waals surface area contributed by atoms with Gasteiger partial charge in [0, 0.05) is 36.8 Å². The Labute approximate surface area is 111 Å². The van der Waals surface area contributed by atoms with E-state index in [1.807, 2.05) is 11.8 Å². The highest BCUT2D eigenvalue weighted by atomic mass is 32.2. The molecule has 18 heavy (non-hydrogen) atoms. The van der Waals surface area contributed by atoms with Crippen molar-refractivity contribution in [3.63, 3.8) is 0 Å². The number of hydrogen-bond acceptors (Lipinski definition) is 5. The smallest absolute Gasteiger partial charge is 0.267 e. The number of nitrogen functional groups attached to an aromatic ring is 1. The number of carbonyl (C=O) groups is 1. The Kier molecular flexibility index (Phi) is 4.57. The lowest BCUT2D eigenvalue weighted by Crippen LogP contribution is -2.37. The van der Waals surface area contributed by atoms with Gasteiger partial charge in [-0.25, -0.2) is 5.84 Å². The van der Waals surface area contributed by atoms with Gasteiger partial charge in [0.2, 0.25) is 0 Å². The Balaban J connectivity index is 2.10. The first-order valence-corrected chi connectivity index (χ1v) is 7.04. The summed E-state index contributed by atoms with van der Waals surface area (Å²) in [6.45, 7) is 5.00. The fraction of sp³-hybridized carbons (Fsp3) is 0.500. The van der Waals surface area contributed by atoms with E-state index in [9.17, 15) is 4.79 Å². The zero-order valence-electron chi connectivity index (χ0n) is 10.4. The van der Waals surface area contributed by atoms with Crippen LogP contribution in [0.15, 0.2) is 18.3 Å². The highest BCUT2D eigenvalue weighted by molar-refractivity contribution is 7.99. The van der Waals surface area contributed by atoms with Crippen LogP contribution in [0.3, 0.4) is 0 Å². The predicted octanol–water partition coefficient (Wildman–Crippen LogP) is 0.622. The summed E-state index contributed by atoms with van der Waals surface area (Å²) in [6, 6.07) is 3.51. The Hall–Kier alpha value is -1.11. The number of thioether (sulfide) groups is 1. The van der Waals surface area contributed by atoms with Crippen molar-refractivity contribution in [3.05, 3.63) is 29.6 Å². The van der Waals surface area contributed by atoms with Gasteiger partial charge >= 0.3 is 0 Å². The molecular formula is C12H18N4OS. The van der Waals surface area contributed by atoms with Crippen LogP contribution in [0.4, 0.5) is 0 Å². The van der Waals surface area contributed by atoms with E-state index in [2.05, 4.69) is 22.2 Å². The van der Waals surface area contributed by atoms with Crippen LogP contribution in [0.25, 0.3) is 0 Å². The van der Waals surface area contributed by atoms with Gasteiger partial charge in [0.1, 0.15) is 0 Å². The van der Waals surface area contributed by atoms with Gasteiger partial charge in [-0.05, 0) is 12.1 Å². The summed E-state index contributed by atoms with van der Waals surface area (Å²) >= 11 is 1.99. The molecule has 1 aliphatic heterocycles. The molecule has 1 aromatic rings. The molecule has 98 valence electrons. The minimum absolute atomic E-state index is 0.280. The summed E-state index contributed by atoms with van der Waals surface area (Å²) < 4.78 is 0. The van der Waals surface area contributed by atoms with Crippen LogP contribution in [0, 0.1) is 0 Å². The first-order chi connectivity index (χ1) is 8.70. The molecule has 0 radical (unpaired) electrons. The van der Waals surface area contributed by atoms with Crippen molar-refractivity contribution >= 4 is 17.7 Å². The number of rotatable bonds is 3. The molecule has 0 bridgehead atoms. The van der Waals surface area contributed by atoms with Crippen molar-refractivity contribution in [1.82, 2.24) is 15.3 Å². The third kappa shape index (κ3) is 3.22. The molecular weight excluding hydrogens is 248 g/mol. The van der Waals surface area contributed by atoms with Gasteiger partial charge in [0.05, 0.1) is 11.3 Å². The average molecular weight is 266 g/mol. The number of pyridine rings is 1. The zero-order valence-corrected chi connectivity index (χ0v) is 11.2. The number of aromatic nitrogens is 1. The number of hydrogen-bond donors (Lipinski definition) is 2. The molecule has 1 unspecified atom stereocenters. The van der Waals surface area contributed by atoms with Gasteiger partial charge < -0.3 is 0 Å². The molecule has 6 heteroatoms. The minimum atomic E-state index is -0.280. The van der Waals surface area contributed by atoms with E-state index in [1.54, 1.807) is 18.3 Å². The Bertz CT molecular complexity index is 426. The van der Waals surface area contributed by atoms with Gasteiger partial charge in [0.15, 0.2) is 0 Å². The maximum atomic E-state index is 11.6. The molecule has 1 atom stereocenters. The molecule has 1 saturated heterocycles. The van der Waals surface area contributed by atoms with Gasteiger partial charge in [0.25, 0.3) is 5.91 Å². The fourth-order valence-electron chi connectivity index (χ4n) is 2.09. The maximum Gasteiger partial charge on any atom is 0.267 e.